The highest BCUT2D eigenvalue weighted by Crippen LogP contribution is 2.14. The van der Waals surface area contributed by atoms with Crippen LogP contribution >= 0.6 is 0 Å². The van der Waals surface area contributed by atoms with Gasteiger partial charge in [0.1, 0.15) is 16.8 Å². The monoisotopic (exact) mass is 600 g/mol. The quantitative estimate of drug-likeness (QED) is 0.324. The molecule has 1 N–H and O–H groups in total. The number of nitrogens with zero attached hydrogens (tertiary/aromatic N) is 4. The third kappa shape index (κ3) is 17.0. The summed E-state index contributed by atoms with van der Waals surface area (Å²) in [5.74, 6) is -2.06. The summed E-state index contributed by atoms with van der Waals surface area (Å²) in [7, 11) is 0. The first-order chi connectivity index (χ1) is 19.0. The van der Waals surface area contributed by atoms with Crippen LogP contribution in [0.4, 0.5) is 0 Å². The molecule has 0 saturated carbocycles. The molecule has 12 nitrogen and oxygen atoms in total. The summed E-state index contributed by atoms with van der Waals surface area (Å²) >= 11 is 0. The van der Waals surface area contributed by atoms with Crippen molar-refractivity contribution in [1.29, 1.82) is 0 Å². The fraction of sp³-hybridized carbons (Fsp3) is 0.867. The molecular formula is C30H56N4O8. The topological polar surface area (TPSA) is 129 Å². The van der Waals surface area contributed by atoms with Crippen LogP contribution in [0.2, 0.25) is 0 Å². The van der Waals surface area contributed by atoms with Gasteiger partial charge in [0.05, 0.1) is 26.2 Å². The molecule has 1 aliphatic heterocycles. The Hall–Kier alpha value is -2.28. The first-order valence-corrected chi connectivity index (χ1v) is 14.8. The molecule has 0 aromatic rings. The van der Waals surface area contributed by atoms with Crippen LogP contribution in [0.1, 0.15) is 76.2 Å². The van der Waals surface area contributed by atoms with Crippen molar-refractivity contribution < 1.29 is 38.5 Å². The molecule has 12 heteroatoms. The predicted octanol–water partition coefficient (Wildman–Crippen LogP) is 2.09. The largest absolute Gasteiger partial charge is 0.480 e. The van der Waals surface area contributed by atoms with Crippen molar-refractivity contribution in [1.82, 2.24) is 19.6 Å². The van der Waals surface area contributed by atoms with Gasteiger partial charge in [0.25, 0.3) is 0 Å². The van der Waals surface area contributed by atoms with Gasteiger partial charge in [-0.3, -0.25) is 38.8 Å². The zero-order valence-corrected chi connectivity index (χ0v) is 27.8. The third-order valence-electron chi connectivity index (χ3n) is 6.33. The van der Waals surface area contributed by atoms with Gasteiger partial charge in [-0.15, -0.1) is 0 Å². The van der Waals surface area contributed by atoms with Crippen LogP contribution in [0.25, 0.3) is 0 Å². The highest BCUT2D eigenvalue weighted by Gasteiger charge is 2.30. The van der Waals surface area contributed by atoms with E-state index in [9.17, 15) is 24.3 Å². The minimum atomic E-state index is -0.956. The Morgan fingerprint density at radius 3 is 1.19 bits per heavy atom. The predicted molar refractivity (Wildman–Crippen MR) is 160 cm³/mol. The number of esters is 3. The Kier molecular flexibility index (Phi) is 14.4. The maximum Gasteiger partial charge on any atom is 0.320 e. The molecule has 1 heterocycles. The lowest BCUT2D eigenvalue weighted by Gasteiger charge is -2.39. The number of aliphatic carboxylic acids is 1. The molecule has 0 spiro atoms. The van der Waals surface area contributed by atoms with Gasteiger partial charge in [-0.2, -0.15) is 0 Å². The van der Waals surface area contributed by atoms with Gasteiger partial charge >= 0.3 is 23.9 Å². The molecule has 1 aliphatic rings. The summed E-state index contributed by atoms with van der Waals surface area (Å²) < 4.78 is 16.7. The normalized spacial score (nSPS) is 21.6. The van der Waals surface area contributed by atoms with Crippen molar-refractivity contribution in [3.8, 4) is 0 Å². The summed E-state index contributed by atoms with van der Waals surface area (Å²) in [6.45, 7) is 22.7. The SMILES string of the molecule is CC1CN(CC(=O)OC(C)(C)C)CCN(CC(=O)OC(C)(C)C)CC(C)N(CC(=O)OC(C)(C)C)CCN1CC(=O)O. The summed E-state index contributed by atoms with van der Waals surface area (Å²) in [5.41, 5.74) is -1.92. The third-order valence-corrected chi connectivity index (χ3v) is 6.33. The van der Waals surface area contributed by atoms with E-state index in [0.717, 1.165) is 0 Å². The molecule has 2 atom stereocenters. The smallest absolute Gasteiger partial charge is 0.320 e. The molecule has 244 valence electrons. The lowest BCUT2D eigenvalue weighted by molar-refractivity contribution is -0.159. The van der Waals surface area contributed by atoms with Crippen molar-refractivity contribution in [2.45, 2.75) is 105 Å². The fourth-order valence-corrected chi connectivity index (χ4v) is 4.72. The van der Waals surface area contributed by atoms with Crippen LogP contribution in [0.3, 0.4) is 0 Å². The van der Waals surface area contributed by atoms with Gasteiger partial charge in [0.15, 0.2) is 0 Å². The van der Waals surface area contributed by atoms with Crippen LogP contribution in [-0.2, 0) is 33.4 Å². The number of carbonyl (C=O) groups excluding carboxylic acids is 3. The molecule has 1 saturated heterocycles. The van der Waals surface area contributed by atoms with Gasteiger partial charge in [-0.1, -0.05) is 0 Å². The number of carboxylic acids is 1. The number of carbonyl (C=O) groups is 4. The summed E-state index contributed by atoms with van der Waals surface area (Å²) in [6, 6.07) is -0.401. The highest BCUT2D eigenvalue weighted by molar-refractivity contribution is 5.73. The van der Waals surface area contributed by atoms with Crippen molar-refractivity contribution in [2.75, 3.05) is 65.4 Å². The minimum Gasteiger partial charge on any atom is -0.480 e. The van der Waals surface area contributed by atoms with E-state index in [2.05, 4.69) is 0 Å². The standard InChI is InChI=1S/C30H56N4O8/c1-22-16-31(19-25(37)40-28(3,4)5)12-13-32(20-26(38)41-29(6,7)8)17-23(2)34(15-14-33(22)18-24(35)36)21-27(39)42-30(9,10)11/h22-23H,12-21H2,1-11H3,(H,35,36). The molecule has 42 heavy (non-hydrogen) atoms. The Morgan fingerprint density at radius 1 is 0.571 bits per heavy atom. The second-order valence-corrected chi connectivity index (χ2v) is 14.3. The molecule has 0 amide bonds. The van der Waals surface area contributed by atoms with E-state index >= 15 is 0 Å². The van der Waals surface area contributed by atoms with E-state index < -0.39 is 22.8 Å². The molecular weight excluding hydrogens is 544 g/mol. The second kappa shape index (κ2) is 16.0. The highest BCUT2D eigenvalue weighted by atomic mass is 16.6. The van der Waals surface area contributed by atoms with Crippen LogP contribution < -0.4 is 0 Å². The minimum absolute atomic E-state index is 0.0266. The van der Waals surface area contributed by atoms with Crippen LogP contribution in [-0.4, -0.2) is 143 Å². The van der Waals surface area contributed by atoms with Crippen molar-refractivity contribution in [2.24, 2.45) is 0 Å². The molecule has 0 radical (unpaired) electrons. The second-order valence-electron chi connectivity index (χ2n) is 14.3. The van der Waals surface area contributed by atoms with Crippen LogP contribution in [0, 0.1) is 0 Å². The van der Waals surface area contributed by atoms with Crippen molar-refractivity contribution in [3.05, 3.63) is 0 Å². The number of hydrogen-bond acceptors (Lipinski definition) is 11. The molecule has 0 aromatic heterocycles. The number of carboxylic acid groups (broad SMARTS) is 1. The summed E-state index contributed by atoms with van der Waals surface area (Å²) in [4.78, 5) is 57.9. The summed E-state index contributed by atoms with van der Waals surface area (Å²) in [6.07, 6.45) is 0. The first-order valence-electron chi connectivity index (χ1n) is 14.8. The van der Waals surface area contributed by atoms with Gasteiger partial charge < -0.3 is 19.3 Å². The average molecular weight is 601 g/mol. The van der Waals surface area contributed by atoms with Crippen LogP contribution in [0.5, 0.6) is 0 Å². The van der Waals surface area contributed by atoms with E-state index in [0.29, 0.717) is 39.3 Å². The molecule has 0 aromatic carbocycles. The Morgan fingerprint density at radius 2 is 0.881 bits per heavy atom. The first kappa shape index (κ1) is 37.7. The van der Waals surface area contributed by atoms with E-state index in [1.165, 1.54) is 0 Å². The van der Waals surface area contributed by atoms with Crippen LogP contribution in [0.15, 0.2) is 0 Å². The summed E-state index contributed by atoms with van der Waals surface area (Å²) in [5, 5.41) is 9.63. The van der Waals surface area contributed by atoms with Crippen molar-refractivity contribution >= 4 is 23.9 Å². The van der Waals surface area contributed by atoms with E-state index in [1.807, 2.05) is 95.8 Å². The van der Waals surface area contributed by atoms with E-state index in [-0.39, 0.29) is 56.2 Å². The molecule has 1 fully saturated rings. The van der Waals surface area contributed by atoms with Crippen molar-refractivity contribution in [3.63, 3.8) is 0 Å². The molecule has 2 unspecified atom stereocenters. The van der Waals surface area contributed by atoms with Gasteiger partial charge in [0, 0.05) is 51.4 Å². The molecule has 1 rings (SSSR count). The maximum absolute atomic E-state index is 12.8. The lowest BCUT2D eigenvalue weighted by Crippen LogP contribution is -2.54. The Balaban J connectivity index is 3.32. The Labute approximate surface area is 252 Å². The van der Waals surface area contributed by atoms with Gasteiger partial charge in [-0.25, -0.2) is 0 Å². The fourth-order valence-electron chi connectivity index (χ4n) is 4.72. The maximum atomic E-state index is 12.8. The zero-order valence-electron chi connectivity index (χ0n) is 27.8. The lowest BCUT2D eigenvalue weighted by atomic mass is 10.2. The van der Waals surface area contributed by atoms with Gasteiger partial charge in [0.2, 0.25) is 0 Å². The molecule has 0 bridgehead atoms. The van der Waals surface area contributed by atoms with E-state index in [1.54, 1.807) is 0 Å². The zero-order chi connectivity index (χ0) is 32.5. The average Bonchev–Trinajstić information content (AvgIpc) is 2.74. The number of rotatable bonds is 8. The van der Waals surface area contributed by atoms with E-state index in [4.69, 9.17) is 14.2 Å². The number of ether oxygens (including phenoxy) is 3. The van der Waals surface area contributed by atoms with Gasteiger partial charge in [-0.05, 0) is 76.2 Å². The number of hydrogen-bond donors (Lipinski definition) is 1. The Bertz CT molecular complexity index is 906. The molecule has 0 aliphatic carbocycles.